The van der Waals surface area contributed by atoms with Crippen molar-refractivity contribution in [3.05, 3.63) is 79.4 Å². The van der Waals surface area contributed by atoms with Gasteiger partial charge in [-0.25, -0.2) is 9.18 Å². The van der Waals surface area contributed by atoms with E-state index in [9.17, 15) is 18.8 Å². The Morgan fingerprint density at radius 3 is 2.70 bits per heavy atom. The Balaban J connectivity index is 1.93. The van der Waals surface area contributed by atoms with Crippen LogP contribution >= 0.6 is 11.3 Å². The Hall–Kier alpha value is -3.46. The number of esters is 1. The minimum Gasteiger partial charge on any atom is -0.467 e. The summed E-state index contributed by atoms with van der Waals surface area (Å²) >= 11 is 1.04. The normalized spacial score (nSPS) is 12.2. The van der Waals surface area contributed by atoms with Crippen LogP contribution in [0.3, 0.4) is 0 Å². The van der Waals surface area contributed by atoms with Crippen molar-refractivity contribution in [2.24, 2.45) is 0 Å². The molecule has 2 heterocycles. The summed E-state index contributed by atoms with van der Waals surface area (Å²) in [5.41, 5.74) is 0.180. The van der Waals surface area contributed by atoms with Gasteiger partial charge < -0.3 is 14.5 Å². The molecule has 0 saturated heterocycles. The van der Waals surface area contributed by atoms with Crippen molar-refractivity contribution in [2.75, 3.05) is 6.61 Å². The smallest absolute Gasteiger partial charge is 0.333 e. The highest BCUT2D eigenvalue weighted by Gasteiger charge is 2.11. The first-order valence-corrected chi connectivity index (χ1v) is 9.92. The summed E-state index contributed by atoms with van der Waals surface area (Å²) in [7, 11) is 0. The molecule has 0 atom stereocenters. The largest absolute Gasteiger partial charge is 0.467 e. The van der Waals surface area contributed by atoms with Crippen LogP contribution in [-0.2, 0) is 27.4 Å². The molecule has 0 aliphatic carbocycles. The lowest BCUT2D eigenvalue weighted by Crippen LogP contribution is -2.38. The van der Waals surface area contributed by atoms with Crippen LogP contribution in [0.2, 0.25) is 0 Å². The molecule has 0 radical (unpaired) electrons. The second-order valence-corrected chi connectivity index (χ2v) is 7.21. The van der Waals surface area contributed by atoms with Crippen LogP contribution in [0.15, 0.2) is 51.9 Å². The molecule has 9 heteroatoms. The lowest BCUT2D eigenvalue weighted by Gasteiger charge is -2.04. The number of halogens is 1. The molecule has 7 nitrogen and oxygen atoms in total. The van der Waals surface area contributed by atoms with Crippen LogP contribution < -0.4 is 20.1 Å². The molecule has 1 N–H and O–H groups in total. The van der Waals surface area contributed by atoms with Gasteiger partial charge in [0.2, 0.25) is 5.91 Å². The highest BCUT2D eigenvalue weighted by atomic mass is 32.1. The Morgan fingerprint density at radius 2 is 2.03 bits per heavy atom. The summed E-state index contributed by atoms with van der Waals surface area (Å²) in [6.07, 6.45) is 4.25. The molecule has 30 heavy (non-hydrogen) atoms. The van der Waals surface area contributed by atoms with Gasteiger partial charge in [0.15, 0.2) is 0 Å². The molecular formula is C21H19FN2O5S. The molecule has 0 spiro atoms. The summed E-state index contributed by atoms with van der Waals surface area (Å²) in [4.78, 5) is 37.1. The van der Waals surface area contributed by atoms with E-state index < -0.39 is 17.4 Å². The number of hydrogen-bond donors (Lipinski definition) is 1. The fourth-order valence-electron chi connectivity index (χ4n) is 2.59. The maximum absolute atomic E-state index is 13.1. The van der Waals surface area contributed by atoms with Crippen molar-refractivity contribution in [3.63, 3.8) is 0 Å². The van der Waals surface area contributed by atoms with Gasteiger partial charge in [0.1, 0.15) is 22.8 Å². The van der Waals surface area contributed by atoms with E-state index in [1.54, 1.807) is 25.1 Å². The molecule has 156 valence electrons. The number of hydrogen-bond acceptors (Lipinski definition) is 6. The number of nitrogens with zero attached hydrogens (tertiary/aromatic N) is 1. The molecule has 0 aliphatic heterocycles. The lowest BCUT2D eigenvalue weighted by molar-refractivity contribution is -0.135. The number of nitrogens with one attached hydrogen (secondary N) is 1. The Kier molecular flexibility index (Phi) is 6.97. The van der Waals surface area contributed by atoms with E-state index in [4.69, 9.17) is 9.15 Å². The van der Waals surface area contributed by atoms with Crippen molar-refractivity contribution in [2.45, 2.75) is 20.0 Å². The highest BCUT2D eigenvalue weighted by molar-refractivity contribution is 7.07. The van der Waals surface area contributed by atoms with E-state index in [0.29, 0.717) is 15.9 Å². The third-order valence-corrected chi connectivity index (χ3v) is 5.03. The average Bonchev–Trinajstić information content (AvgIpc) is 3.33. The molecule has 2 aromatic heterocycles. The van der Waals surface area contributed by atoms with Gasteiger partial charge in [-0.3, -0.25) is 14.2 Å². The van der Waals surface area contributed by atoms with E-state index in [1.165, 1.54) is 41.2 Å². The minimum absolute atomic E-state index is 0.177. The van der Waals surface area contributed by atoms with E-state index in [1.807, 2.05) is 0 Å². The molecule has 3 rings (SSSR count). The summed E-state index contributed by atoms with van der Waals surface area (Å²) in [6, 6.07) is 9.05. The number of carbonyl (C=O) groups is 2. The average molecular weight is 430 g/mol. The third-order valence-electron chi connectivity index (χ3n) is 3.97. The highest BCUT2D eigenvalue weighted by Crippen LogP contribution is 2.03. The maximum Gasteiger partial charge on any atom is 0.333 e. The van der Waals surface area contributed by atoms with Gasteiger partial charge in [-0.1, -0.05) is 12.1 Å². The van der Waals surface area contributed by atoms with Gasteiger partial charge in [0, 0.05) is 0 Å². The monoisotopic (exact) mass is 430 g/mol. The Morgan fingerprint density at radius 1 is 1.27 bits per heavy atom. The lowest BCUT2D eigenvalue weighted by atomic mass is 10.2. The fraction of sp³-hybridized carbons (Fsp3) is 0.190. The number of aromatic nitrogens is 1. The molecule has 0 saturated carbocycles. The summed E-state index contributed by atoms with van der Waals surface area (Å²) < 4.78 is 25.0. The number of ether oxygens (including phenoxy) is 1. The van der Waals surface area contributed by atoms with Gasteiger partial charge in [0.25, 0.3) is 5.56 Å². The van der Waals surface area contributed by atoms with Gasteiger partial charge in [-0.05, 0) is 42.8 Å². The second kappa shape index (κ2) is 9.84. The first-order valence-electron chi connectivity index (χ1n) is 9.10. The van der Waals surface area contributed by atoms with Gasteiger partial charge in [-0.2, -0.15) is 0 Å². The first kappa shape index (κ1) is 21.3. The zero-order valence-electron chi connectivity index (χ0n) is 16.1. The minimum atomic E-state index is -0.614. The summed E-state index contributed by atoms with van der Waals surface area (Å²) in [6.45, 7) is 1.75. The summed E-state index contributed by atoms with van der Waals surface area (Å²) in [5, 5.41) is 2.66. The van der Waals surface area contributed by atoms with Crippen LogP contribution in [0.4, 0.5) is 4.39 Å². The number of amides is 1. The molecule has 0 unspecified atom stereocenters. The molecule has 0 fully saturated rings. The predicted octanol–water partition coefficient (Wildman–Crippen LogP) is 1.13. The SMILES string of the molecule is CCOC(=O)C=c1sc(=Cc2ccc(F)cc2)c(=O)n1CC(=O)NCc1ccco1. The maximum atomic E-state index is 13.1. The third kappa shape index (κ3) is 5.54. The van der Waals surface area contributed by atoms with Crippen LogP contribution in [-0.4, -0.2) is 23.1 Å². The van der Waals surface area contributed by atoms with Gasteiger partial charge >= 0.3 is 5.97 Å². The van der Waals surface area contributed by atoms with Crippen molar-refractivity contribution in [1.29, 1.82) is 0 Å². The van der Waals surface area contributed by atoms with Crippen LogP contribution in [0.5, 0.6) is 0 Å². The molecule has 0 aliphatic rings. The number of thiazole rings is 1. The molecule has 3 aromatic rings. The van der Waals surface area contributed by atoms with Crippen molar-refractivity contribution < 1.29 is 23.1 Å². The Labute approximate surface area is 174 Å². The van der Waals surface area contributed by atoms with E-state index >= 15 is 0 Å². The number of carbonyl (C=O) groups excluding carboxylic acids is 2. The number of furan rings is 1. The van der Waals surface area contributed by atoms with Crippen molar-refractivity contribution in [1.82, 2.24) is 9.88 Å². The zero-order chi connectivity index (χ0) is 21.5. The van der Waals surface area contributed by atoms with Crippen molar-refractivity contribution >= 4 is 35.4 Å². The topological polar surface area (TPSA) is 90.5 Å². The van der Waals surface area contributed by atoms with Crippen LogP contribution in [0, 0.1) is 5.82 Å². The number of rotatable bonds is 7. The van der Waals surface area contributed by atoms with Gasteiger partial charge in [-0.15, -0.1) is 11.3 Å². The Bertz CT molecular complexity index is 1190. The van der Waals surface area contributed by atoms with Gasteiger partial charge in [0.05, 0.1) is 30.0 Å². The standard InChI is InChI=1S/C21H19FN2O5S/c1-2-28-20(26)11-19-24(13-18(25)23-12-16-4-3-9-29-16)21(27)17(30-19)10-14-5-7-15(22)8-6-14/h3-11H,2,12-13H2,1H3,(H,23,25). The fourth-order valence-corrected chi connectivity index (χ4v) is 3.62. The predicted molar refractivity (Wildman–Crippen MR) is 109 cm³/mol. The van der Waals surface area contributed by atoms with Crippen LogP contribution in [0.25, 0.3) is 12.2 Å². The quantitative estimate of drug-likeness (QED) is 0.568. The first-order chi connectivity index (χ1) is 14.5. The number of benzene rings is 1. The molecule has 1 aromatic carbocycles. The van der Waals surface area contributed by atoms with Crippen LogP contribution in [0.1, 0.15) is 18.2 Å². The second-order valence-electron chi connectivity index (χ2n) is 6.14. The van der Waals surface area contributed by atoms with E-state index in [0.717, 1.165) is 11.3 Å². The van der Waals surface area contributed by atoms with Crippen molar-refractivity contribution in [3.8, 4) is 0 Å². The molecule has 0 bridgehead atoms. The molecule has 1 amide bonds. The zero-order valence-corrected chi connectivity index (χ0v) is 16.9. The van der Waals surface area contributed by atoms with E-state index in [2.05, 4.69) is 5.32 Å². The molecular weight excluding hydrogens is 411 g/mol. The summed E-state index contributed by atoms with van der Waals surface area (Å²) in [5.74, 6) is -0.847. The van der Waals surface area contributed by atoms with E-state index in [-0.39, 0.29) is 30.2 Å².